The lowest BCUT2D eigenvalue weighted by Gasteiger charge is -2.17. The van der Waals surface area contributed by atoms with Gasteiger partial charge in [0.05, 0.1) is 17.6 Å². The number of aryl methyl sites for hydroxylation is 2. The Balaban J connectivity index is 1.54. The Hall–Kier alpha value is -3.11. The van der Waals surface area contributed by atoms with E-state index in [1.54, 1.807) is 0 Å². The Bertz CT molecular complexity index is 1100. The molecule has 3 aromatic carbocycles. The zero-order chi connectivity index (χ0) is 20.2. The molecule has 0 spiro atoms. The highest BCUT2D eigenvalue weighted by atomic mass is 16.5. The van der Waals surface area contributed by atoms with Crippen LogP contribution in [0.25, 0.3) is 11.0 Å². The van der Waals surface area contributed by atoms with Gasteiger partial charge < -0.3 is 14.4 Å². The number of rotatable bonds is 7. The van der Waals surface area contributed by atoms with Gasteiger partial charge in [0.25, 0.3) is 0 Å². The molecule has 0 aliphatic heterocycles. The minimum Gasteiger partial charge on any atom is -0.491 e. The molecular formula is C25H26N2O2. The zero-order valence-electron chi connectivity index (χ0n) is 16.9. The van der Waals surface area contributed by atoms with Crippen LogP contribution < -0.4 is 4.74 Å². The first-order valence-corrected chi connectivity index (χ1v) is 9.96. The van der Waals surface area contributed by atoms with Gasteiger partial charge in [-0.3, -0.25) is 0 Å². The Morgan fingerprint density at radius 1 is 0.966 bits per heavy atom. The Labute approximate surface area is 171 Å². The number of aromatic nitrogens is 2. The van der Waals surface area contributed by atoms with E-state index in [1.807, 2.05) is 62.4 Å². The van der Waals surface area contributed by atoms with E-state index < -0.39 is 6.10 Å². The number of aliphatic hydroxyl groups excluding tert-OH is 1. The largest absolute Gasteiger partial charge is 0.491 e. The summed E-state index contributed by atoms with van der Waals surface area (Å²) >= 11 is 0. The van der Waals surface area contributed by atoms with E-state index in [2.05, 4.69) is 28.8 Å². The van der Waals surface area contributed by atoms with E-state index in [9.17, 15) is 5.11 Å². The second kappa shape index (κ2) is 8.50. The van der Waals surface area contributed by atoms with Gasteiger partial charge >= 0.3 is 0 Å². The average molecular weight is 386 g/mol. The quantitative estimate of drug-likeness (QED) is 0.501. The number of hydrogen-bond acceptors (Lipinski definition) is 3. The number of aliphatic hydroxyl groups is 1. The predicted octanol–water partition coefficient (Wildman–Crippen LogP) is 4.68. The van der Waals surface area contributed by atoms with E-state index in [4.69, 9.17) is 9.72 Å². The summed E-state index contributed by atoms with van der Waals surface area (Å²) < 4.78 is 8.03. The Kier molecular flexibility index (Phi) is 5.63. The highest BCUT2D eigenvalue weighted by molar-refractivity contribution is 5.76. The molecule has 4 nitrogen and oxygen atoms in total. The summed E-state index contributed by atoms with van der Waals surface area (Å²) in [4.78, 5) is 4.82. The second-order valence-electron chi connectivity index (χ2n) is 7.52. The fourth-order valence-electron chi connectivity index (χ4n) is 3.55. The summed E-state index contributed by atoms with van der Waals surface area (Å²) in [5, 5.41) is 10.7. The summed E-state index contributed by atoms with van der Waals surface area (Å²) in [6.45, 7) is 4.73. The third-order valence-corrected chi connectivity index (χ3v) is 5.11. The van der Waals surface area contributed by atoms with Crippen molar-refractivity contribution >= 4 is 11.0 Å². The van der Waals surface area contributed by atoms with Crippen molar-refractivity contribution in [1.82, 2.24) is 9.55 Å². The van der Waals surface area contributed by atoms with E-state index >= 15 is 0 Å². The molecule has 0 saturated carbocycles. The van der Waals surface area contributed by atoms with Crippen LogP contribution in [-0.4, -0.2) is 27.4 Å². The van der Waals surface area contributed by atoms with Gasteiger partial charge in [0.15, 0.2) is 0 Å². The first kappa shape index (κ1) is 19.2. The molecule has 4 aromatic rings. The molecule has 0 amide bonds. The van der Waals surface area contributed by atoms with Crippen molar-refractivity contribution in [2.75, 3.05) is 6.61 Å². The number of hydrogen-bond donors (Lipinski definition) is 1. The summed E-state index contributed by atoms with van der Waals surface area (Å²) in [7, 11) is 0. The first-order chi connectivity index (χ1) is 14.1. The van der Waals surface area contributed by atoms with Gasteiger partial charge in [0, 0.05) is 6.42 Å². The molecule has 1 atom stereocenters. The number of fused-ring (bicyclic) bond motifs is 1. The SMILES string of the molecule is Cc1ccc(C)c(OC[C@H](O)Cn2c(Cc3ccccc3)nc3ccccc32)c1. The molecule has 0 aliphatic carbocycles. The van der Waals surface area contributed by atoms with Crippen LogP contribution in [0.15, 0.2) is 72.8 Å². The van der Waals surface area contributed by atoms with E-state index in [0.29, 0.717) is 6.54 Å². The van der Waals surface area contributed by atoms with E-state index in [1.165, 1.54) is 5.56 Å². The maximum absolute atomic E-state index is 10.7. The minimum atomic E-state index is -0.637. The van der Waals surface area contributed by atoms with Gasteiger partial charge in [-0.05, 0) is 48.7 Å². The molecule has 1 aromatic heterocycles. The standard InChI is InChI=1S/C25H26N2O2/c1-18-12-13-19(2)24(14-18)29-17-21(28)16-27-23-11-7-6-10-22(23)26-25(27)15-20-8-4-3-5-9-20/h3-14,21,28H,15-17H2,1-2H3/t21-/m1/s1. The molecule has 1 N–H and O–H groups in total. The molecule has 0 aliphatic rings. The monoisotopic (exact) mass is 386 g/mol. The average Bonchev–Trinajstić information content (AvgIpc) is 3.06. The van der Waals surface area contributed by atoms with Crippen molar-refractivity contribution in [1.29, 1.82) is 0 Å². The highest BCUT2D eigenvalue weighted by Crippen LogP contribution is 2.21. The fourth-order valence-corrected chi connectivity index (χ4v) is 3.55. The van der Waals surface area contributed by atoms with Crippen molar-refractivity contribution in [2.24, 2.45) is 0 Å². The molecule has 0 unspecified atom stereocenters. The van der Waals surface area contributed by atoms with Crippen LogP contribution in [0.2, 0.25) is 0 Å². The van der Waals surface area contributed by atoms with Crippen LogP contribution >= 0.6 is 0 Å². The predicted molar refractivity (Wildman–Crippen MR) is 116 cm³/mol. The number of ether oxygens (including phenoxy) is 1. The molecule has 0 radical (unpaired) electrons. The molecule has 4 heteroatoms. The van der Waals surface area contributed by atoms with Gasteiger partial charge in [-0.1, -0.05) is 54.6 Å². The fraction of sp³-hybridized carbons (Fsp3) is 0.240. The number of benzene rings is 3. The molecule has 0 saturated heterocycles. The summed E-state index contributed by atoms with van der Waals surface area (Å²) in [6, 6.07) is 24.5. The van der Waals surface area contributed by atoms with Crippen molar-refractivity contribution < 1.29 is 9.84 Å². The van der Waals surface area contributed by atoms with Crippen LogP contribution in [0, 0.1) is 13.8 Å². The van der Waals surface area contributed by atoms with Crippen LogP contribution in [-0.2, 0) is 13.0 Å². The number of para-hydroxylation sites is 2. The van der Waals surface area contributed by atoms with Crippen LogP contribution in [0.3, 0.4) is 0 Å². The first-order valence-electron chi connectivity index (χ1n) is 9.96. The summed E-state index contributed by atoms with van der Waals surface area (Å²) in [6.07, 6.45) is 0.0853. The second-order valence-corrected chi connectivity index (χ2v) is 7.52. The number of nitrogens with zero attached hydrogens (tertiary/aromatic N) is 2. The van der Waals surface area contributed by atoms with E-state index in [0.717, 1.165) is 40.2 Å². The summed E-state index contributed by atoms with van der Waals surface area (Å²) in [5.41, 5.74) is 5.39. The van der Waals surface area contributed by atoms with Gasteiger partial charge in [-0.25, -0.2) is 4.98 Å². The maximum atomic E-state index is 10.7. The van der Waals surface area contributed by atoms with Crippen molar-refractivity contribution in [3.05, 3.63) is 95.3 Å². The zero-order valence-corrected chi connectivity index (χ0v) is 16.9. The molecule has 0 bridgehead atoms. The van der Waals surface area contributed by atoms with Crippen LogP contribution in [0.1, 0.15) is 22.5 Å². The topological polar surface area (TPSA) is 47.3 Å². The lowest BCUT2D eigenvalue weighted by molar-refractivity contribution is 0.0924. The van der Waals surface area contributed by atoms with Gasteiger partial charge in [-0.2, -0.15) is 0 Å². The lowest BCUT2D eigenvalue weighted by Crippen LogP contribution is -2.25. The van der Waals surface area contributed by atoms with Gasteiger partial charge in [0.1, 0.15) is 24.3 Å². The third-order valence-electron chi connectivity index (χ3n) is 5.11. The third kappa shape index (κ3) is 4.49. The molecule has 1 heterocycles. The molecule has 4 rings (SSSR count). The van der Waals surface area contributed by atoms with Crippen LogP contribution in [0.4, 0.5) is 0 Å². The lowest BCUT2D eigenvalue weighted by atomic mass is 10.1. The smallest absolute Gasteiger partial charge is 0.122 e. The normalized spacial score (nSPS) is 12.2. The number of imidazole rings is 1. The summed E-state index contributed by atoms with van der Waals surface area (Å²) in [5.74, 6) is 1.77. The molecule has 148 valence electrons. The van der Waals surface area contributed by atoms with Crippen molar-refractivity contribution in [3.63, 3.8) is 0 Å². The van der Waals surface area contributed by atoms with Crippen molar-refractivity contribution in [3.8, 4) is 5.75 Å². The van der Waals surface area contributed by atoms with E-state index in [-0.39, 0.29) is 6.61 Å². The molecule has 29 heavy (non-hydrogen) atoms. The van der Waals surface area contributed by atoms with Crippen LogP contribution in [0.5, 0.6) is 5.75 Å². The molecule has 0 fully saturated rings. The maximum Gasteiger partial charge on any atom is 0.122 e. The Morgan fingerprint density at radius 2 is 1.72 bits per heavy atom. The van der Waals surface area contributed by atoms with Crippen molar-refractivity contribution in [2.45, 2.75) is 32.9 Å². The van der Waals surface area contributed by atoms with Gasteiger partial charge in [0.2, 0.25) is 0 Å². The van der Waals surface area contributed by atoms with Gasteiger partial charge in [-0.15, -0.1) is 0 Å². The minimum absolute atomic E-state index is 0.238. The highest BCUT2D eigenvalue weighted by Gasteiger charge is 2.15. The Morgan fingerprint density at radius 3 is 2.55 bits per heavy atom. The molecular weight excluding hydrogens is 360 g/mol.